The molecule has 0 radical (unpaired) electrons. The first-order chi connectivity index (χ1) is 17.0. The molecular weight excluding hydrogens is 456 g/mol. The smallest absolute Gasteiger partial charge is 0.254 e. The third-order valence-electron chi connectivity index (χ3n) is 6.87. The highest BCUT2D eigenvalue weighted by Crippen LogP contribution is 2.32. The van der Waals surface area contributed by atoms with E-state index in [-0.39, 0.29) is 11.9 Å². The van der Waals surface area contributed by atoms with Gasteiger partial charge >= 0.3 is 0 Å². The van der Waals surface area contributed by atoms with E-state index >= 15 is 0 Å². The van der Waals surface area contributed by atoms with Crippen molar-refractivity contribution in [3.8, 4) is 11.4 Å². The number of rotatable bonds is 4. The number of nitrogens with zero attached hydrogens (tertiary/aromatic N) is 5. The summed E-state index contributed by atoms with van der Waals surface area (Å²) >= 11 is 1.68. The molecule has 0 aliphatic carbocycles. The van der Waals surface area contributed by atoms with Crippen LogP contribution in [0.1, 0.15) is 39.6 Å². The second kappa shape index (κ2) is 8.62. The summed E-state index contributed by atoms with van der Waals surface area (Å²) in [6, 6.07) is 14.4. The number of benzene rings is 1. The average molecular weight is 485 g/mol. The number of hydrogen-bond donors (Lipinski definition) is 1. The Labute approximate surface area is 207 Å². The van der Waals surface area contributed by atoms with E-state index in [1.165, 1.54) is 5.39 Å². The fraction of sp³-hybridized carbons (Fsp3) is 0.296. The predicted octanol–water partition coefficient (Wildman–Crippen LogP) is 4.64. The number of hydrogen-bond acceptors (Lipinski definition) is 5. The van der Waals surface area contributed by atoms with E-state index in [0.29, 0.717) is 18.7 Å². The number of thiazole rings is 1. The van der Waals surface area contributed by atoms with Crippen LogP contribution >= 0.6 is 11.3 Å². The van der Waals surface area contributed by atoms with E-state index in [9.17, 15) is 4.79 Å². The van der Waals surface area contributed by atoms with Crippen molar-refractivity contribution in [1.29, 1.82) is 0 Å². The third-order valence-corrected chi connectivity index (χ3v) is 7.82. The van der Waals surface area contributed by atoms with Crippen LogP contribution in [0.2, 0.25) is 0 Å². The lowest BCUT2D eigenvalue weighted by atomic mass is 10.1. The van der Waals surface area contributed by atoms with Gasteiger partial charge < -0.3 is 19.6 Å². The van der Waals surface area contributed by atoms with Gasteiger partial charge in [0.25, 0.3) is 5.91 Å². The molecule has 1 amide bonds. The Balaban J connectivity index is 1.43. The van der Waals surface area contributed by atoms with Crippen molar-refractivity contribution >= 4 is 33.8 Å². The Hall–Kier alpha value is -3.49. The van der Waals surface area contributed by atoms with Crippen molar-refractivity contribution < 1.29 is 4.79 Å². The van der Waals surface area contributed by atoms with E-state index in [1.807, 2.05) is 30.2 Å². The molecule has 5 heterocycles. The Kier molecular flexibility index (Phi) is 5.42. The van der Waals surface area contributed by atoms with Crippen LogP contribution in [-0.4, -0.2) is 48.9 Å². The molecule has 7 nitrogen and oxygen atoms in total. The molecule has 1 fully saturated rings. The Morgan fingerprint density at radius 2 is 2.03 bits per heavy atom. The van der Waals surface area contributed by atoms with Gasteiger partial charge in [-0.15, -0.1) is 11.3 Å². The number of nitrogens with two attached hydrogens (primary N) is 1. The van der Waals surface area contributed by atoms with Crippen molar-refractivity contribution in [1.82, 2.24) is 23.8 Å². The lowest BCUT2D eigenvalue weighted by Crippen LogP contribution is -2.45. The van der Waals surface area contributed by atoms with Crippen molar-refractivity contribution in [2.24, 2.45) is 5.73 Å². The Morgan fingerprint density at radius 3 is 2.83 bits per heavy atom. The minimum Gasteiger partial charge on any atom is -0.337 e. The second-order valence-corrected chi connectivity index (χ2v) is 10.3. The van der Waals surface area contributed by atoms with Crippen molar-refractivity contribution in [2.75, 3.05) is 13.1 Å². The largest absolute Gasteiger partial charge is 0.337 e. The molecule has 0 bridgehead atoms. The molecule has 1 aromatic carbocycles. The maximum atomic E-state index is 13.2. The first kappa shape index (κ1) is 22.0. The molecule has 2 N–H and O–H groups in total. The number of para-hydroxylation sites is 1. The van der Waals surface area contributed by atoms with E-state index in [2.05, 4.69) is 51.6 Å². The van der Waals surface area contributed by atoms with E-state index in [4.69, 9.17) is 15.7 Å². The van der Waals surface area contributed by atoms with Crippen molar-refractivity contribution in [3.63, 3.8) is 0 Å². The number of fused-ring (bicyclic) bond motifs is 2. The summed E-state index contributed by atoms with van der Waals surface area (Å²) in [5.74, 6) is 0.0260. The number of likely N-dealkylation sites (tertiary alicyclic amines) is 1. The average Bonchev–Trinajstić information content (AvgIpc) is 3.54. The second-order valence-electron chi connectivity index (χ2n) is 9.40. The topological polar surface area (TPSA) is 81.5 Å². The fourth-order valence-corrected chi connectivity index (χ4v) is 5.87. The standard InChI is InChI=1S/C27H28N6OS/c1-17-16-35-25(29-17)15-33-22-8-4-3-6-19(22)12-23(33)26-18(2)32-11-9-20(13-24(32)30-26)27(34)31-10-5-7-21(28)14-31/h3-4,6,8-9,11-13,16,21H,5,7,10,14-15,28H2,1-2H3/t21-/m1/s1. The monoisotopic (exact) mass is 484 g/mol. The normalized spacial score (nSPS) is 16.4. The summed E-state index contributed by atoms with van der Waals surface area (Å²) in [4.78, 5) is 24.7. The molecule has 8 heteroatoms. The van der Waals surface area contributed by atoms with Crippen LogP contribution in [0.25, 0.3) is 27.9 Å². The van der Waals surface area contributed by atoms with E-state index in [0.717, 1.165) is 58.3 Å². The van der Waals surface area contributed by atoms with Gasteiger partial charge in [0.15, 0.2) is 0 Å². The van der Waals surface area contributed by atoms with Gasteiger partial charge in [-0.05, 0) is 51.0 Å². The molecule has 1 aliphatic heterocycles. The highest BCUT2D eigenvalue weighted by Gasteiger charge is 2.24. The highest BCUT2D eigenvalue weighted by atomic mass is 32.1. The van der Waals surface area contributed by atoms with Crippen molar-refractivity contribution in [3.05, 3.63) is 76.0 Å². The van der Waals surface area contributed by atoms with Gasteiger partial charge in [-0.25, -0.2) is 9.97 Å². The van der Waals surface area contributed by atoms with Gasteiger partial charge in [0.1, 0.15) is 16.3 Å². The molecule has 1 aliphatic rings. The van der Waals surface area contributed by atoms with Crippen molar-refractivity contribution in [2.45, 2.75) is 39.3 Å². The third kappa shape index (κ3) is 3.92. The SMILES string of the molecule is Cc1csc(Cn2c(-c3nc4cc(C(=O)N5CCC[C@@H](N)C5)ccn4c3C)cc3ccccc32)n1. The molecule has 0 saturated carbocycles. The Morgan fingerprint density at radius 1 is 1.17 bits per heavy atom. The lowest BCUT2D eigenvalue weighted by molar-refractivity contribution is 0.0709. The number of carbonyl (C=O) groups is 1. The lowest BCUT2D eigenvalue weighted by Gasteiger charge is -2.30. The Bertz CT molecular complexity index is 1560. The number of aryl methyl sites for hydroxylation is 2. The summed E-state index contributed by atoms with van der Waals surface area (Å²) in [5.41, 5.74) is 12.7. The minimum absolute atomic E-state index is 0.0260. The molecule has 6 rings (SSSR count). The summed E-state index contributed by atoms with van der Waals surface area (Å²) in [6.07, 6.45) is 3.88. The van der Waals surface area contributed by atoms with Crippen LogP contribution in [0, 0.1) is 13.8 Å². The number of piperidine rings is 1. The number of carbonyl (C=O) groups excluding carboxylic acids is 1. The first-order valence-corrected chi connectivity index (χ1v) is 12.9. The molecular formula is C27H28N6OS. The van der Waals surface area contributed by atoms with Crippen LogP contribution in [0.4, 0.5) is 0 Å². The maximum Gasteiger partial charge on any atom is 0.254 e. The van der Waals surface area contributed by atoms with E-state index in [1.54, 1.807) is 11.3 Å². The zero-order valence-corrected chi connectivity index (χ0v) is 20.8. The van der Waals surface area contributed by atoms with E-state index < -0.39 is 0 Å². The molecule has 35 heavy (non-hydrogen) atoms. The fourth-order valence-electron chi connectivity index (χ4n) is 5.11. The minimum atomic E-state index is 0.0260. The van der Waals surface area contributed by atoms with Crippen LogP contribution in [-0.2, 0) is 6.54 Å². The molecule has 0 spiro atoms. The summed E-state index contributed by atoms with van der Waals surface area (Å²) in [6.45, 7) is 6.16. The van der Waals surface area contributed by atoms with Crippen LogP contribution < -0.4 is 5.73 Å². The van der Waals surface area contributed by atoms with Crippen LogP contribution in [0.15, 0.2) is 54.0 Å². The molecule has 178 valence electrons. The van der Waals surface area contributed by atoms with Gasteiger partial charge in [0.2, 0.25) is 0 Å². The number of pyridine rings is 1. The van der Waals surface area contributed by atoms with Gasteiger partial charge in [-0.1, -0.05) is 18.2 Å². The molecule has 1 atom stereocenters. The van der Waals surface area contributed by atoms with Gasteiger partial charge in [0.05, 0.1) is 12.2 Å². The number of aromatic nitrogens is 4. The molecule has 4 aromatic heterocycles. The van der Waals surface area contributed by atoms with Gasteiger partial charge in [0, 0.05) is 58.6 Å². The molecule has 0 unspecified atom stereocenters. The van der Waals surface area contributed by atoms with Gasteiger partial charge in [-0.2, -0.15) is 0 Å². The quantitative estimate of drug-likeness (QED) is 0.403. The summed E-state index contributed by atoms with van der Waals surface area (Å²) in [7, 11) is 0. The number of imidazole rings is 1. The maximum absolute atomic E-state index is 13.2. The molecule has 1 saturated heterocycles. The first-order valence-electron chi connectivity index (χ1n) is 12.0. The van der Waals surface area contributed by atoms with Crippen LogP contribution in [0.3, 0.4) is 0 Å². The summed E-state index contributed by atoms with van der Waals surface area (Å²) < 4.78 is 4.35. The predicted molar refractivity (Wildman–Crippen MR) is 140 cm³/mol. The van der Waals surface area contributed by atoms with Crippen LogP contribution in [0.5, 0.6) is 0 Å². The molecule has 5 aromatic rings. The zero-order chi connectivity index (χ0) is 24.1. The summed E-state index contributed by atoms with van der Waals surface area (Å²) in [5, 5.41) is 4.33. The zero-order valence-electron chi connectivity index (χ0n) is 19.9. The highest BCUT2D eigenvalue weighted by molar-refractivity contribution is 7.09. The van der Waals surface area contributed by atoms with Gasteiger partial charge in [-0.3, -0.25) is 4.79 Å². The number of amides is 1.